The number of H-pyrrole nitrogens is 1. The van der Waals surface area contributed by atoms with E-state index in [1.54, 1.807) is 12.1 Å². The molecule has 0 radical (unpaired) electrons. The van der Waals surface area contributed by atoms with Crippen LogP contribution in [0, 0.1) is 0 Å². The van der Waals surface area contributed by atoms with Gasteiger partial charge in [0.25, 0.3) is 0 Å². The van der Waals surface area contributed by atoms with Gasteiger partial charge >= 0.3 is 6.18 Å². The highest BCUT2D eigenvalue weighted by Crippen LogP contribution is 2.31. The van der Waals surface area contributed by atoms with Crippen molar-refractivity contribution < 1.29 is 18.3 Å². The molecule has 1 aromatic carbocycles. The Kier molecular flexibility index (Phi) is 5.36. The molecular formula is C18H21F3N2O. The molecule has 3 nitrogen and oxygen atoms in total. The van der Waals surface area contributed by atoms with Crippen LogP contribution < -0.4 is 0 Å². The van der Waals surface area contributed by atoms with Gasteiger partial charge in [0, 0.05) is 11.4 Å². The number of hydrogen-bond acceptors (Lipinski definition) is 2. The average Bonchev–Trinajstić information content (AvgIpc) is 2.93. The van der Waals surface area contributed by atoms with Crippen molar-refractivity contribution in [2.24, 2.45) is 4.99 Å². The van der Waals surface area contributed by atoms with Crippen LogP contribution in [-0.2, 0) is 6.18 Å². The van der Waals surface area contributed by atoms with E-state index in [1.165, 1.54) is 12.1 Å². The van der Waals surface area contributed by atoms with Gasteiger partial charge in [-0.15, -0.1) is 0 Å². The number of aliphatic imine (C=N–C) groups is 1. The van der Waals surface area contributed by atoms with Crippen molar-refractivity contribution in [3.8, 4) is 5.88 Å². The van der Waals surface area contributed by atoms with Crippen molar-refractivity contribution in [2.75, 3.05) is 0 Å². The Hall–Kier alpha value is -2.24. The highest BCUT2D eigenvalue weighted by Gasteiger charge is 2.30. The van der Waals surface area contributed by atoms with Gasteiger partial charge in [0.15, 0.2) is 5.88 Å². The number of hydrogen-bond donors (Lipinski definition) is 2. The molecule has 0 aliphatic rings. The van der Waals surface area contributed by atoms with Crippen LogP contribution in [0.4, 0.5) is 13.2 Å². The van der Waals surface area contributed by atoms with Crippen LogP contribution in [0.5, 0.6) is 5.88 Å². The van der Waals surface area contributed by atoms with E-state index in [0.29, 0.717) is 6.42 Å². The number of halogens is 3. The fourth-order valence-electron chi connectivity index (χ4n) is 2.66. The number of benzene rings is 1. The van der Waals surface area contributed by atoms with E-state index in [4.69, 9.17) is 0 Å². The number of rotatable bonds is 5. The number of aromatic nitrogens is 1. The lowest BCUT2D eigenvalue weighted by Gasteiger charge is -2.14. The van der Waals surface area contributed by atoms with Crippen LogP contribution in [0.25, 0.3) is 0 Å². The Morgan fingerprint density at radius 2 is 1.75 bits per heavy atom. The molecule has 0 amide bonds. The maximum Gasteiger partial charge on any atom is 0.416 e. The molecule has 2 rings (SSSR count). The molecule has 0 bridgehead atoms. The molecule has 1 heterocycles. The molecule has 0 spiro atoms. The van der Waals surface area contributed by atoms with Gasteiger partial charge in [0.05, 0.1) is 11.6 Å². The third-order valence-corrected chi connectivity index (χ3v) is 3.97. The number of aromatic hydroxyl groups is 1. The standard InChI is InChI=1S/C18H21F3N2O/c1-11(14-4-6-15(7-5-14)18(19,20)21)10-12(2)22-13(3)16-8-9-17(24)23-16/h4-9,11,13,23-24H,10H2,1-3H3. The lowest BCUT2D eigenvalue weighted by Crippen LogP contribution is -2.06. The molecule has 0 fully saturated rings. The van der Waals surface area contributed by atoms with Crippen LogP contribution in [0.3, 0.4) is 0 Å². The number of nitrogens with one attached hydrogen (secondary N) is 1. The highest BCUT2D eigenvalue weighted by molar-refractivity contribution is 5.82. The van der Waals surface area contributed by atoms with E-state index in [9.17, 15) is 18.3 Å². The van der Waals surface area contributed by atoms with Crippen LogP contribution in [-0.4, -0.2) is 15.8 Å². The molecule has 2 aromatic rings. The van der Waals surface area contributed by atoms with Crippen LogP contribution in [0.2, 0.25) is 0 Å². The predicted molar refractivity (Wildman–Crippen MR) is 88.5 cm³/mol. The summed E-state index contributed by atoms with van der Waals surface area (Å²) in [4.78, 5) is 7.41. The van der Waals surface area contributed by atoms with Crippen molar-refractivity contribution in [3.05, 3.63) is 53.2 Å². The zero-order valence-electron chi connectivity index (χ0n) is 13.9. The zero-order chi connectivity index (χ0) is 17.9. The molecule has 24 heavy (non-hydrogen) atoms. The monoisotopic (exact) mass is 338 g/mol. The first-order valence-corrected chi connectivity index (χ1v) is 7.75. The minimum absolute atomic E-state index is 0.0697. The van der Waals surface area contributed by atoms with Crippen molar-refractivity contribution in [2.45, 2.75) is 45.3 Å². The molecule has 6 heteroatoms. The molecule has 2 unspecified atom stereocenters. The van der Waals surface area contributed by atoms with E-state index in [-0.39, 0.29) is 17.8 Å². The van der Waals surface area contributed by atoms with E-state index in [2.05, 4.69) is 9.98 Å². The van der Waals surface area contributed by atoms with Gasteiger partial charge in [-0.2, -0.15) is 13.2 Å². The van der Waals surface area contributed by atoms with Gasteiger partial charge in [0.2, 0.25) is 0 Å². The topological polar surface area (TPSA) is 48.4 Å². The van der Waals surface area contributed by atoms with Crippen LogP contribution in [0.15, 0.2) is 41.4 Å². The molecule has 2 N–H and O–H groups in total. The van der Waals surface area contributed by atoms with E-state index in [0.717, 1.165) is 29.1 Å². The van der Waals surface area contributed by atoms with E-state index < -0.39 is 11.7 Å². The van der Waals surface area contributed by atoms with Gasteiger partial charge in [-0.1, -0.05) is 19.1 Å². The lowest BCUT2D eigenvalue weighted by atomic mass is 9.94. The van der Waals surface area contributed by atoms with Crippen molar-refractivity contribution in [1.82, 2.24) is 4.98 Å². The predicted octanol–water partition coefficient (Wildman–Crippen LogP) is 5.45. The Balaban J connectivity index is 2.02. The largest absolute Gasteiger partial charge is 0.495 e. The summed E-state index contributed by atoms with van der Waals surface area (Å²) in [7, 11) is 0. The number of nitrogens with zero attached hydrogens (tertiary/aromatic N) is 1. The van der Waals surface area contributed by atoms with E-state index >= 15 is 0 Å². The molecule has 0 aliphatic carbocycles. The molecule has 2 atom stereocenters. The Morgan fingerprint density at radius 1 is 1.12 bits per heavy atom. The van der Waals surface area contributed by atoms with E-state index in [1.807, 2.05) is 20.8 Å². The molecule has 0 saturated heterocycles. The Bertz CT molecular complexity index is 702. The molecule has 1 aromatic heterocycles. The van der Waals surface area contributed by atoms with Gasteiger partial charge in [-0.05, 0) is 56.0 Å². The van der Waals surface area contributed by atoms with Gasteiger partial charge in [0.1, 0.15) is 0 Å². The van der Waals surface area contributed by atoms with Crippen LogP contribution >= 0.6 is 0 Å². The summed E-state index contributed by atoms with van der Waals surface area (Å²) >= 11 is 0. The smallest absolute Gasteiger partial charge is 0.416 e. The zero-order valence-corrected chi connectivity index (χ0v) is 13.9. The first-order chi connectivity index (χ1) is 11.2. The summed E-state index contributed by atoms with van der Waals surface area (Å²) in [5.41, 5.74) is 1.93. The van der Waals surface area contributed by atoms with Gasteiger partial charge in [-0.25, -0.2) is 0 Å². The van der Waals surface area contributed by atoms with Gasteiger partial charge < -0.3 is 10.1 Å². The Morgan fingerprint density at radius 3 is 2.25 bits per heavy atom. The number of aromatic amines is 1. The third-order valence-electron chi connectivity index (χ3n) is 3.97. The summed E-state index contributed by atoms with van der Waals surface area (Å²) in [6, 6.07) is 8.49. The fraction of sp³-hybridized carbons (Fsp3) is 0.389. The van der Waals surface area contributed by atoms with Crippen molar-refractivity contribution in [1.29, 1.82) is 0 Å². The van der Waals surface area contributed by atoms with Crippen LogP contribution in [0.1, 0.15) is 56.0 Å². The molecule has 130 valence electrons. The normalized spacial score (nSPS) is 15.3. The van der Waals surface area contributed by atoms with Crippen molar-refractivity contribution in [3.63, 3.8) is 0 Å². The Labute approximate surface area is 139 Å². The third kappa shape index (κ3) is 4.63. The summed E-state index contributed by atoms with van der Waals surface area (Å²) in [5.74, 6) is 0.170. The quantitative estimate of drug-likeness (QED) is 0.699. The first kappa shape index (κ1) is 18.1. The molecule has 0 aliphatic heterocycles. The fourth-order valence-corrected chi connectivity index (χ4v) is 2.66. The summed E-state index contributed by atoms with van der Waals surface area (Å²) in [6.45, 7) is 5.78. The first-order valence-electron chi connectivity index (χ1n) is 7.75. The second-order valence-electron chi connectivity index (χ2n) is 6.06. The maximum atomic E-state index is 12.6. The SMILES string of the molecule is CC(CC(C)c1ccc(C(F)(F)F)cc1)=NC(C)c1ccc(O)[nH]1. The summed E-state index contributed by atoms with van der Waals surface area (Å²) in [5, 5.41) is 9.33. The lowest BCUT2D eigenvalue weighted by molar-refractivity contribution is -0.137. The number of alkyl halides is 3. The van der Waals surface area contributed by atoms with Gasteiger partial charge in [-0.3, -0.25) is 4.99 Å². The molecule has 0 saturated carbocycles. The minimum Gasteiger partial charge on any atom is -0.495 e. The highest BCUT2D eigenvalue weighted by atomic mass is 19.4. The summed E-state index contributed by atoms with van der Waals surface area (Å²) in [6.07, 6.45) is -3.65. The second kappa shape index (κ2) is 7.11. The average molecular weight is 338 g/mol. The maximum absolute atomic E-state index is 12.6. The second-order valence-corrected chi connectivity index (χ2v) is 6.06. The summed E-state index contributed by atoms with van der Waals surface area (Å²) < 4.78 is 37.8. The minimum atomic E-state index is -4.31. The molecular weight excluding hydrogens is 317 g/mol. The van der Waals surface area contributed by atoms with Crippen molar-refractivity contribution >= 4 is 5.71 Å².